The number of halogens is 1. The van der Waals surface area contributed by atoms with Crippen molar-refractivity contribution in [3.8, 4) is 0 Å². The van der Waals surface area contributed by atoms with Crippen molar-refractivity contribution in [1.82, 2.24) is 9.47 Å². The van der Waals surface area contributed by atoms with Gasteiger partial charge in [-0.3, -0.25) is 4.90 Å². The third kappa shape index (κ3) is 2.44. The van der Waals surface area contributed by atoms with E-state index in [1.54, 1.807) is 0 Å². The number of allylic oxidation sites excluding steroid dienone is 1. The Hall–Kier alpha value is -2.03. The average molecular weight is 349 g/mol. The number of rotatable bonds is 2. The summed E-state index contributed by atoms with van der Waals surface area (Å²) in [5, 5.41) is 2.14. The van der Waals surface area contributed by atoms with Crippen molar-refractivity contribution in [3.63, 3.8) is 0 Å². The first-order valence-corrected chi connectivity index (χ1v) is 9.37. The van der Waals surface area contributed by atoms with Crippen LogP contribution < -0.4 is 0 Å². The molecule has 0 N–H and O–H groups in total. The Morgan fingerprint density at radius 1 is 1.16 bits per heavy atom. The first-order chi connectivity index (χ1) is 12.2. The van der Waals surface area contributed by atoms with E-state index in [1.165, 1.54) is 52.8 Å². The number of hydrogen-bond acceptors (Lipinski definition) is 1. The second-order valence-electron chi connectivity index (χ2n) is 7.29. The summed E-state index contributed by atoms with van der Waals surface area (Å²) < 4.78 is 2.44. The zero-order valence-corrected chi connectivity index (χ0v) is 15.1. The quantitative estimate of drug-likeness (QED) is 0.584. The van der Waals surface area contributed by atoms with Gasteiger partial charge in [0.05, 0.1) is 5.52 Å². The molecule has 1 saturated heterocycles. The van der Waals surface area contributed by atoms with Gasteiger partial charge in [-0.2, -0.15) is 0 Å². The van der Waals surface area contributed by atoms with Crippen LogP contribution in [0.5, 0.6) is 0 Å². The zero-order chi connectivity index (χ0) is 17.0. The average Bonchev–Trinajstić information content (AvgIpc) is 3.15. The molecule has 0 saturated carbocycles. The Labute approximate surface area is 153 Å². The largest absolute Gasteiger partial charge is 0.319 e. The molecular weight excluding hydrogens is 328 g/mol. The van der Waals surface area contributed by atoms with Gasteiger partial charge in [-0.05, 0) is 54.8 Å². The summed E-state index contributed by atoms with van der Waals surface area (Å²) in [7, 11) is 0. The molecule has 3 aromatic rings. The van der Waals surface area contributed by atoms with Crippen molar-refractivity contribution in [3.05, 3.63) is 70.4 Å². The molecule has 3 heteroatoms. The molecule has 2 atom stereocenters. The van der Waals surface area contributed by atoms with E-state index in [1.807, 2.05) is 6.07 Å². The Bertz CT molecular complexity index is 984. The molecule has 126 valence electrons. The third-order valence-corrected chi connectivity index (χ3v) is 5.94. The van der Waals surface area contributed by atoms with Crippen molar-refractivity contribution in [2.75, 3.05) is 13.1 Å². The van der Waals surface area contributed by atoms with Crippen LogP contribution in [0.2, 0.25) is 5.02 Å². The van der Waals surface area contributed by atoms with Crippen LogP contribution in [0.25, 0.3) is 22.7 Å². The third-order valence-electron chi connectivity index (χ3n) is 5.70. The molecule has 3 heterocycles. The molecule has 0 amide bonds. The van der Waals surface area contributed by atoms with E-state index in [4.69, 9.17) is 11.6 Å². The molecule has 0 spiro atoms. The van der Waals surface area contributed by atoms with Crippen molar-refractivity contribution in [1.29, 1.82) is 0 Å². The number of hydrogen-bond donors (Lipinski definition) is 0. The van der Waals surface area contributed by atoms with Gasteiger partial charge in [0, 0.05) is 41.3 Å². The highest BCUT2D eigenvalue weighted by atomic mass is 35.5. The van der Waals surface area contributed by atoms with Gasteiger partial charge >= 0.3 is 0 Å². The van der Waals surface area contributed by atoms with Crippen molar-refractivity contribution in [2.24, 2.45) is 0 Å². The predicted octanol–water partition coefficient (Wildman–Crippen LogP) is 5.62. The van der Waals surface area contributed by atoms with E-state index >= 15 is 0 Å². The molecule has 1 fully saturated rings. The second kappa shape index (κ2) is 5.76. The van der Waals surface area contributed by atoms with E-state index in [-0.39, 0.29) is 0 Å². The molecule has 2 bridgehead atoms. The normalized spacial score (nSPS) is 22.4. The predicted molar refractivity (Wildman–Crippen MR) is 106 cm³/mol. The summed E-state index contributed by atoms with van der Waals surface area (Å²) in [5.74, 6) is 0.634. The van der Waals surface area contributed by atoms with E-state index in [2.05, 4.69) is 65.1 Å². The van der Waals surface area contributed by atoms with Crippen LogP contribution in [0.15, 0.2) is 48.5 Å². The van der Waals surface area contributed by atoms with Gasteiger partial charge in [0.1, 0.15) is 0 Å². The first-order valence-electron chi connectivity index (χ1n) is 8.99. The van der Waals surface area contributed by atoms with Gasteiger partial charge in [0.25, 0.3) is 0 Å². The van der Waals surface area contributed by atoms with Gasteiger partial charge in [0.2, 0.25) is 0 Å². The van der Waals surface area contributed by atoms with Gasteiger partial charge in [-0.1, -0.05) is 41.9 Å². The van der Waals surface area contributed by atoms with Crippen LogP contribution >= 0.6 is 11.6 Å². The minimum absolute atomic E-state index is 0.634. The van der Waals surface area contributed by atoms with Crippen molar-refractivity contribution in [2.45, 2.75) is 25.8 Å². The van der Waals surface area contributed by atoms with E-state index in [0.717, 1.165) is 11.6 Å². The van der Waals surface area contributed by atoms with E-state index in [9.17, 15) is 0 Å². The summed E-state index contributed by atoms with van der Waals surface area (Å²) in [6.45, 7) is 5.65. The lowest BCUT2D eigenvalue weighted by Gasteiger charge is -2.24. The topological polar surface area (TPSA) is 8.17 Å². The Morgan fingerprint density at radius 2 is 2.00 bits per heavy atom. The van der Waals surface area contributed by atoms with Crippen LogP contribution in [0.4, 0.5) is 0 Å². The van der Waals surface area contributed by atoms with Crippen LogP contribution in [0.3, 0.4) is 0 Å². The standard InChI is InChI=1S/C22H21ClN2/c1-15(16-5-3-2-4-6-16)12-25-21-8-7-18(23)11-19(21)20-14-24-10-9-17(13-24)22(20)25/h2-8,11-12,17H,9-10,13-14H2,1H3. The summed E-state index contributed by atoms with van der Waals surface area (Å²) >= 11 is 6.32. The number of fused-ring (bicyclic) bond motifs is 6. The molecule has 2 nitrogen and oxygen atoms in total. The Balaban J connectivity index is 1.75. The van der Waals surface area contributed by atoms with Crippen molar-refractivity contribution < 1.29 is 0 Å². The lowest BCUT2D eigenvalue weighted by molar-refractivity contribution is 0.313. The fourth-order valence-corrected chi connectivity index (χ4v) is 4.69. The monoisotopic (exact) mass is 348 g/mol. The molecule has 2 aromatic carbocycles. The summed E-state index contributed by atoms with van der Waals surface area (Å²) in [6, 6.07) is 17.0. The molecule has 2 unspecified atom stereocenters. The minimum Gasteiger partial charge on any atom is -0.319 e. The van der Waals surface area contributed by atoms with Crippen molar-refractivity contribution >= 4 is 34.3 Å². The fourth-order valence-electron chi connectivity index (χ4n) is 4.51. The van der Waals surface area contributed by atoms with Crippen LogP contribution in [-0.2, 0) is 6.54 Å². The SMILES string of the molecule is CC(=Cn1c2c(c3cc(Cl)ccc31)CN1CCC2C1)c1ccccc1. The molecular formula is C22H21ClN2. The van der Waals surface area contributed by atoms with Crippen LogP contribution in [0, 0.1) is 0 Å². The molecule has 2 aliphatic rings. The van der Waals surface area contributed by atoms with E-state index < -0.39 is 0 Å². The maximum atomic E-state index is 6.32. The zero-order valence-electron chi connectivity index (χ0n) is 14.4. The van der Waals surface area contributed by atoms with E-state index in [0.29, 0.717) is 5.92 Å². The number of nitrogens with zero attached hydrogens (tertiary/aromatic N) is 2. The molecule has 0 aliphatic carbocycles. The minimum atomic E-state index is 0.634. The Kier molecular flexibility index (Phi) is 3.51. The maximum absolute atomic E-state index is 6.32. The highest BCUT2D eigenvalue weighted by Gasteiger charge is 2.35. The van der Waals surface area contributed by atoms with Crippen LogP contribution in [-0.4, -0.2) is 22.6 Å². The number of benzene rings is 2. The maximum Gasteiger partial charge on any atom is 0.0529 e. The highest BCUT2D eigenvalue weighted by Crippen LogP contribution is 2.42. The highest BCUT2D eigenvalue weighted by molar-refractivity contribution is 6.31. The van der Waals surface area contributed by atoms with Crippen LogP contribution in [0.1, 0.15) is 36.1 Å². The molecule has 2 aliphatic heterocycles. The van der Waals surface area contributed by atoms with Gasteiger partial charge in [-0.15, -0.1) is 0 Å². The lowest BCUT2D eigenvalue weighted by Crippen LogP contribution is -2.25. The lowest BCUT2D eigenvalue weighted by atomic mass is 9.97. The second-order valence-corrected chi connectivity index (χ2v) is 7.73. The molecule has 0 radical (unpaired) electrons. The smallest absolute Gasteiger partial charge is 0.0529 e. The van der Waals surface area contributed by atoms with Gasteiger partial charge in [0.15, 0.2) is 0 Å². The fraction of sp³-hybridized carbons (Fsp3) is 0.273. The summed E-state index contributed by atoms with van der Waals surface area (Å²) in [4.78, 5) is 2.57. The van der Waals surface area contributed by atoms with Gasteiger partial charge in [-0.25, -0.2) is 0 Å². The number of aromatic nitrogens is 1. The molecule has 5 rings (SSSR count). The van der Waals surface area contributed by atoms with Gasteiger partial charge < -0.3 is 4.57 Å². The molecule has 1 aromatic heterocycles. The summed E-state index contributed by atoms with van der Waals surface area (Å²) in [5.41, 5.74) is 6.81. The Morgan fingerprint density at radius 3 is 2.84 bits per heavy atom. The first kappa shape index (κ1) is 15.2. The molecule has 25 heavy (non-hydrogen) atoms. The summed E-state index contributed by atoms with van der Waals surface area (Å²) in [6.07, 6.45) is 3.58.